The van der Waals surface area contributed by atoms with Crippen LogP contribution in [0.4, 0.5) is 0 Å². The zero-order chi connectivity index (χ0) is 21.2. The lowest BCUT2D eigenvalue weighted by Gasteiger charge is -2.41. The molecule has 0 radical (unpaired) electrons. The molecule has 2 aromatic carbocycles. The Morgan fingerprint density at radius 2 is 1.70 bits per heavy atom. The maximum absolute atomic E-state index is 12.1. The van der Waals surface area contributed by atoms with E-state index in [1.165, 1.54) is 5.56 Å². The lowest BCUT2D eigenvalue weighted by molar-refractivity contribution is -0.0285. The van der Waals surface area contributed by atoms with Crippen LogP contribution in [0, 0.1) is 0 Å². The summed E-state index contributed by atoms with van der Waals surface area (Å²) in [5.41, 5.74) is 1.22. The van der Waals surface area contributed by atoms with Gasteiger partial charge in [0.1, 0.15) is 5.75 Å². The molecule has 1 fully saturated rings. The monoisotopic (exact) mass is 411 g/mol. The molecule has 3 rings (SSSR count). The average Bonchev–Trinajstić information content (AvgIpc) is 2.79. The van der Waals surface area contributed by atoms with Crippen molar-refractivity contribution in [3.05, 3.63) is 65.7 Å². The van der Waals surface area contributed by atoms with E-state index in [1.54, 1.807) is 0 Å². The number of ether oxygens (including phenoxy) is 2. The second-order valence-corrected chi connectivity index (χ2v) is 8.28. The Hall–Kier alpha value is -1.88. The van der Waals surface area contributed by atoms with E-state index in [9.17, 15) is 5.11 Å². The number of hydrogen-bond acceptors (Lipinski definition) is 4. The molecule has 4 heteroatoms. The van der Waals surface area contributed by atoms with Crippen LogP contribution in [0.3, 0.4) is 0 Å². The first-order valence-corrected chi connectivity index (χ1v) is 11.5. The number of aliphatic hydroxyl groups is 1. The Kier molecular flexibility index (Phi) is 8.74. The third kappa shape index (κ3) is 5.84. The van der Waals surface area contributed by atoms with Gasteiger partial charge in [-0.3, -0.25) is 4.90 Å². The quantitative estimate of drug-likeness (QED) is 0.530. The minimum absolute atomic E-state index is 0.0105. The Bertz CT molecular complexity index is 728. The van der Waals surface area contributed by atoms with Crippen molar-refractivity contribution in [2.75, 3.05) is 39.5 Å². The lowest BCUT2D eigenvalue weighted by Crippen LogP contribution is -2.45. The first-order chi connectivity index (χ1) is 14.7. The van der Waals surface area contributed by atoms with Crippen molar-refractivity contribution in [3.8, 4) is 5.75 Å². The van der Waals surface area contributed by atoms with Gasteiger partial charge in [0.15, 0.2) is 0 Å². The van der Waals surface area contributed by atoms with E-state index in [2.05, 4.69) is 43.0 Å². The minimum atomic E-state index is -0.934. The van der Waals surface area contributed by atoms with Crippen LogP contribution in [-0.4, -0.2) is 49.5 Å². The fraction of sp³-hybridized carbons (Fsp3) is 0.538. The van der Waals surface area contributed by atoms with Gasteiger partial charge in [-0.15, -0.1) is 0 Å². The summed E-state index contributed by atoms with van der Waals surface area (Å²) < 4.78 is 11.4. The summed E-state index contributed by atoms with van der Waals surface area (Å²) in [4.78, 5) is 2.42. The molecule has 0 amide bonds. The van der Waals surface area contributed by atoms with Crippen LogP contribution in [0.5, 0.6) is 5.75 Å². The van der Waals surface area contributed by atoms with Crippen LogP contribution in [0.15, 0.2) is 54.6 Å². The van der Waals surface area contributed by atoms with Gasteiger partial charge >= 0.3 is 0 Å². The first-order valence-electron chi connectivity index (χ1n) is 11.5. The predicted octanol–water partition coefficient (Wildman–Crippen LogP) is 4.97. The molecular weight excluding hydrogens is 374 g/mol. The highest BCUT2D eigenvalue weighted by Crippen LogP contribution is 2.42. The Balaban J connectivity index is 1.89. The average molecular weight is 412 g/mol. The maximum Gasteiger partial charge on any atom is 0.119 e. The largest absolute Gasteiger partial charge is 0.494 e. The summed E-state index contributed by atoms with van der Waals surface area (Å²) in [5.74, 6) is 0.860. The maximum atomic E-state index is 12.1. The molecule has 1 N–H and O–H groups in total. The topological polar surface area (TPSA) is 41.9 Å². The molecule has 164 valence electrons. The van der Waals surface area contributed by atoms with Crippen LogP contribution in [0.25, 0.3) is 0 Å². The normalized spacial score (nSPS) is 18.0. The molecule has 0 aromatic heterocycles. The molecule has 0 unspecified atom stereocenters. The van der Waals surface area contributed by atoms with Crippen LogP contribution >= 0.6 is 0 Å². The van der Waals surface area contributed by atoms with Crippen molar-refractivity contribution >= 4 is 0 Å². The molecule has 0 saturated carbocycles. The van der Waals surface area contributed by atoms with Crippen molar-refractivity contribution < 1.29 is 14.6 Å². The van der Waals surface area contributed by atoms with E-state index in [0.717, 1.165) is 70.0 Å². The SMILES string of the molecule is CCCCOc1ccc([C@](O)(CCC)[C@@H](CN2CCOCC2)c2ccccc2)cc1. The number of nitrogens with zero attached hydrogens (tertiary/aromatic N) is 1. The van der Waals surface area contributed by atoms with E-state index >= 15 is 0 Å². The summed E-state index contributed by atoms with van der Waals surface area (Å²) in [6, 6.07) is 18.6. The van der Waals surface area contributed by atoms with Crippen molar-refractivity contribution in [2.45, 2.75) is 51.0 Å². The molecule has 0 bridgehead atoms. The van der Waals surface area contributed by atoms with E-state index < -0.39 is 5.60 Å². The van der Waals surface area contributed by atoms with Gasteiger partial charge in [-0.2, -0.15) is 0 Å². The highest BCUT2D eigenvalue weighted by atomic mass is 16.5. The second kappa shape index (κ2) is 11.5. The molecule has 1 heterocycles. The van der Waals surface area contributed by atoms with E-state index in [-0.39, 0.29) is 5.92 Å². The Morgan fingerprint density at radius 1 is 1.00 bits per heavy atom. The van der Waals surface area contributed by atoms with Crippen LogP contribution in [0.1, 0.15) is 56.6 Å². The van der Waals surface area contributed by atoms with Crippen LogP contribution < -0.4 is 4.74 Å². The molecule has 2 atom stereocenters. The fourth-order valence-electron chi connectivity index (χ4n) is 4.33. The summed E-state index contributed by atoms with van der Waals surface area (Å²) in [7, 11) is 0. The standard InChI is InChI=1S/C26H37NO3/c1-3-5-18-30-24-13-11-23(12-14-24)26(28,15-4-2)25(22-9-7-6-8-10-22)21-27-16-19-29-20-17-27/h6-14,25,28H,3-5,15-21H2,1-2H3/t25-,26+/m0/s1. The highest BCUT2D eigenvalue weighted by Gasteiger charge is 2.39. The summed E-state index contributed by atoms with van der Waals surface area (Å²) in [5, 5.41) is 12.1. The van der Waals surface area contributed by atoms with Crippen molar-refractivity contribution in [1.82, 2.24) is 4.90 Å². The zero-order valence-corrected chi connectivity index (χ0v) is 18.6. The molecule has 2 aromatic rings. The van der Waals surface area contributed by atoms with Gasteiger partial charge in [-0.25, -0.2) is 0 Å². The molecule has 4 nitrogen and oxygen atoms in total. The Labute approximate surface area is 181 Å². The second-order valence-electron chi connectivity index (χ2n) is 8.28. The van der Waals surface area contributed by atoms with Gasteiger partial charge in [0.25, 0.3) is 0 Å². The number of unbranched alkanes of at least 4 members (excludes halogenated alkanes) is 1. The molecule has 1 aliphatic rings. The first kappa shape index (κ1) is 22.8. The van der Waals surface area contributed by atoms with E-state index in [1.807, 2.05) is 30.3 Å². The molecular formula is C26H37NO3. The lowest BCUT2D eigenvalue weighted by atomic mass is 9.74. The van der Waals surface area contributed by atoms with E-state index in [0.29, 0.717) is 6.42 Å². The molecule has 0 spiro atoms. The number of benzene rings is 2. The van der Waals surface area contributed by atoms with E-state index in [4.69, 9.17) is 9.47 Å². The summed E-state index contributed by atoms with van der Waals surface area (Å²) in [6.45, 7) is 9.21. The summed E-state index contributed by atoms with van der Waals surface area (Å²) >= 11 is 0. The third-order valence-corrected chi connectivity index (χ3v) is 6.07. The van der Waals surface area contributed by atoms with Gasteiger partial charge in [0, 0.05) is 25.6 Å². The number of rotatable bonds is 11. The molecule has 1 saturated heterocycles. The predicted molar refractivity (Wildman–Crippen MR) is 122 cm³/mol. The van der Waals surface area contributed by atoms with Crippen LogP contribution in [0.2, 0.25) is 0 Å². The third-order valence-electron chi connectivity index (χ3n) is 6.07. The van der Waals surface area contributed by atoms with Crippen molar-refractivity contribution in [2.24, 2.45) is 0 Å². The highest BCUT2D eigenvalue weighted by molar-refractivity contribution is 5.35. The van der Waals surface area contributed by atoms with Crippen LogP contribution in [-0.2, 0) is 10.3 Å². The molecule has 0 aliphatic carbocycles. The zero-order valence-electron chi connectivity index (χ0n) is 18.6. The Morgan fingerprint density at radius 3 is 2.33 bits per heavy atom. The van der Waals surface area contributed by atoms with Gasteiger partial charge < -0.3 is 14.6 Å². The fourth-order valence-corrected chi connectivity index (χ4v) is 4.33. The smallest absolute Gasteiger partial charge is 0.119 e. The number of hydrogen-bond donors (Lipinski definition) is 1. The van der Waals surface area contributed by atoms with Crippen molar-refractivity contribution in [1.29, 1.82) is 0 Å². The van der Waals surface area contributed by atoms with Gasteiger partial charge in [0.2, 0.25) is 0 Å². The minimum Gasteiger partial charge on any atom is -0.494 e. The van der Waals surface area contributed by atoms with Gasteiger partial charge in [-0.05, 0) is 36.1 Å². The van der Waals surface area contributed by atoms with Gasteiger partial charge in [0.05, 0.1) is 25.4 Å². The molecule has 30 heavy (non-hydrogen) atoms. The molecule has 1 aliphatic heterocycles. The number of morpholine rings is 1. The van der Waals surface area contributed by atoms with Gasteiger partial charge in [-0.1, -0.05) is 69.2 Å². The summed E-state index contributed by atoms with van der Waals surface area (Å²) in [6.07, 6.45) is 3.80. The van der Waals surface area contributed by atoms with Crippen molar-refractivity contribution in [3.63, 3.8) is 0 Å².